The van der Waals surface area contributed by atoms with Crippen LogP contribution in [0.4, 0.5) is 5.69 Å². The first-order chi connectivity index (χ1) is 9.60. The van der Waals surface area contributed by atoms with E-state index in [1.807, 2.05) is 13.8 Å². The average molecular weight is 285 g/mol. The lowest BCUT2D eigenvalue weighted by Crippen LogP contribution is -2.10. The van der Waals surface area contributed by atoms with Gasteiger partial charge in [0.2, 0.25) is 0 Å². The molecule has 7 nitrogen and oxygen atoms in total. The highest BCUT2D eigenvalue weighted by Crippen LogP contribution is 2.25. The lowest BCUT2D eigenvalue weighted by atomic mass is 10.2. The Morgan fingerprint density at radius 3 is 2.40 bits per heavy atom. The summed E-state index contributed by atoms with van der Waals surface area (Å²) >= 11 is 0. The predicted octanol–water partition coefficient (Wildman–Crippen LogP) is 2.43. The van der Waals surface area contributed by atoms with Crippen molar-refractivity contribution >= 4 is 11.7 Å². The van der Waals surface area contributed by atoms with Gasteiger partial charge in [-0.15, -0.1) is 0 Å². The first-order valence-corrected chi connectivity index (χ1v) is 6.08. The second-order valence-electron chi connectivity index (χ2n) is 3.27. The van der Waals surface area contributed by atoms with Gasteiger partial charge in [0.1, 0.15) is 17.9 Å². The zero-order chi connectivity index (χ0) is 15.5. The largest absolute Gasteiger partial charge is 0.490 e. The number of benzene rings is 1. The van der Waals surface area contributed by atoms with E-state index >= 15 is 0 Å². The second-order valence-corrected chi connectivity index (χ2v) is 3.27. The molecule has 0 aliphatic heterocycles. The van der Waals surface area contributed by atoms with E-state index in [0.29, 0.717) is 6.61 Å². The Morgan fingerprint density at radius 2 is 1.90 bits per heavy atom. The van der Waals surface area contributed by atoms with Crippen molar-refractivity contribution in [3.63, 3.8) is 0 Å². The summed E-state index contributed by atoms with van der Waals surface area (Å²) in [5, 5.41) is 10.6. The van der Waals surface area contributed by atoms with Gasteiger partial charge in [-0.2, -0.15) is 0 Å². The Labute approximate surface area is 117 Å². The molecule has 0 aromatic heterocycles. The van der Waals surface area contributed by atoms with Crippen LogP contribution in [0.3, 0.4) is 0 Å². The smallest absolute Gasteiger partial charge is 0.341 e. The number of rotatable bonds is 6. The molecule has 0 saturated carbocycles. The third-order valence-corrected chi connectivity index (χ3v) is 2.13. The maximum absolute atomic E-state index is 11.4. The van der Waals surface area contributed by atoms with Gasteiger partial charge in [0.05, 0.1) is 24.7 Å². The van der Waals surface area contributed by atoms with Gasteiger partial charge in [-0.05, 0) is 6.07 Å². The van der Waals surface area contributed by atoms with Crippen LogP contribution in [-0.4, -0.2) is 38.3 Å². The molecular formula is C13H19NO6. The molecule has 0 aliphatic rings. The van der Waals surface area contributed by atoms with Crippen LogP contribution < -0.4 is 4.74 Å². The van der Waals surface area contributed by atoms with Gasteiger partial charge < -0.3 is 14.2 Å². The highest BCUT2D eigenvalue weighted by Gasteiger charge is 2.17. The summed E-state index contributed by atoms with van der Waals surface area (Å²) in [6.45, 7) is 4.49. The minimum atomic E-state index is -0.614. The zero-order valence-electron chi connectivity index (χ0n) is 12.0. The van der Waals surface area contributed by atoms with Crippen molar-refractivity contribution in [2.24, 2.45) is 0 Å². The Bertz CT molecular complexity index is 446. The Morgan fingerprint density at radius 1 is 1.25 bits per heavy atom. The van der Waals surface area contributed by atoms with Crippen LogP contribution in [0.1, 0.15) is 24.2 Å². The molecule has 0 bridgehead atoms. The molecule has 0 saturated heterocycles. The fourth-order valence-corrected chi connectivity index (χ4v) is 1.26. The molecule has 20 heavy (non-hydrogen) atoms. The molecule has 0 radical (unpaired) electrons. The molecule has 0 atom stereocenters. The van der Waals surface area contributed by atoms with Crippen molar-refractivity contribution in [2.45, 2.75) is 13.8 Å². The summed E-state index contributed by atoms with van der Waals surface area (Å²) in [5.74, 6) is -0.509. The highest BCUT2D eigenvalue weighted by atomic mass is 16.6. The van der Waals surface area contributed by atoms with E-state index in [1.165, 1.54) is 32.4 Å². The van der Waals surface area contributed by atoms with E-state index in [-0.39, 0.29) is 23.6 Å². The molecule has 0 N–H and O–H groups in total. The number of ether oxygens (including phenoxy) is 3. The molecule has 7 heteroatoms. The van der Waals surface area contributed by atoms with E-state index in [0.717, 1.165) is 0 Å². The van der Waals surface area contributed by atoms with Gasteiger partial charge in [-0.25, -0.2) is 4.79 Å². The summed E-state index contributed by atoms with van der Waals surface area (Å²) in [5.41, 5.74) is -0.0192. The fraction of sp³-hybridized carbons (Fsp3) is 0.462. The van der Waals surface area contributed by atoms with Crippen LogP contribution >= 0.6 is 0 Å². The number of nitro benzene ring substituents is 1. The van der Waals surface area contributed by atoms with Gasteiger partial charge in [-0.3, -0.25) is 10.1 Å². The maximum atomic E-state index is 11.4. The van der Waals surface area contributed by atoms with Gasteiger partial charge in [0.25, 0.3) is 5.69 Å². The lowest BCUT2D eigenvalue weighted by Gasteiger charge is -2.09. The Balaban J connectivity index is 0.00000172. The van der Waals surface area contributed by atoms with E-state index in [1.54, 1.807) is 0 Å². The number of carbonyl (C=O) groups excluding carboxylic acids is 1. The van der Waals surface area contributed by atoms with Crippen LogP contribution in [0.5, 0.6) is 5.75 Å². The summed E-state index contributed by atoms with van der Waals surface area (Å²) in [6.07, 6.45) is 0. The Hall–Kier alpha value is -2.15. The third kappa shape index (κ3) is 5.23. The molecule has 0 fully saturated rings. The average Bonchev–Trinajstić information content (AvgIpc) is 2.48. The SMILES string of the molecule is CC.COCCOc1cc([N+](=O)[O-])ccc1C(=O)OC. The molecule has 0 aliphatic carbocycles. The van der Waals surface area contributed by atoms with Crippen molar-refractivity contribution < 1.29 is 23.9 Å². The van der Waals surface area contributed by atoms with Crippen LogP contribution in [0.2, 0.25) is 0 Å². The zero-order valence-corrected chi connectivity index (χ0v) is 12.0. The van der Waals surface area contributed by atoms with Gasteiger partial charge in [-0.1, -0.05) is 13.8 Å². The topological polar surface area (TPSA) is 87.9 Å². The minimum Gasteiger partial charge on any atom is -0.490 e. The molecule has 0 heterocycles. The highest BCUT2D eigenvalue weighted by molar-refractivity contribution is 5.92. The number of esters is 1. The predicted molar refractivity (Wildman–Crippen MR) is 73.2 cm³/mol. The van der Waals surface area contributed by atoms with Crippen molar-refractivity contribution in [3.05, 3.63) is 33.9 Å². The minimum absolute atomic E-state index is 0.105. The van der Waals surface area contributed by atoms with Crippen LogP contribution in [-0.2, 0) is 9.47 Å². The van der Waals surface area contributed by atoms with Crippen molar-refractivity contribution in [1.82, 2.24) is 0 Å². The number of carbonyl (C=O) groups is 1. The normalized spacial score (nSPS) is 9.20. The van der Waals surface area contributed by atoms with Crippen LogP contribution in [0.15, 0.2) is 18.2 Å². The van der Waals surface area contributed by atoms with E-state index in [2.05, 4.69) is 4.74 Å². The summed E-state index contributed by atoms with van der Waals surface area (Å²) in [4.78, 5) is 21.5. The fourth-order valence-electron chi connectivity index (χ4n) is 1.26. The van der Waals surface area contributed by atoms with Gasteiger partial charge in [0.15, 0.2) is 0 Å². The van der Waals surface area contributed by atoms with Crippen LogP contribution in [0, 0.1) is 10.1 Å². The first-order valence-electron chi connectivity index (χ1n) is 6.08. The lowest BCUT2D eigenvalue weighted by molar-refractivity contribution is -0.384. The Kier molecular flexibility index (Phi) is 8.69. The van der Waals surface area contributed by atoms with Gasteiger partial charge in [0, 0.05) is 13.2 Å². The number of hydrogen-bond acceptors (Lipinski definition) is 6. The number of hydrogen-bond donors (Lipinski definition) is 0. The molecular weight excluding hydrogens is 266 g/mol. The van der Waals surface area contributed by atoms with Crippen molar-refractivity contribution in [3.8, 4) is 5.75 Å². The van der Waals surface area contributed by atoms with Crippen LogP contribution in [0.25, 0.3) is 0 Å². The number of non-ortho nitro benzene ring substituents is 1. The van der Waals surface area contributed by atoms with Crippen molar-refractivity contribution in [1.29, 1.82) is 0 Å². The first kappa shape index (κ1) is 17.8. The summed E-state index contributed by atoms with van der Waals surface area (Å²) < 4.78 is 14.6. The summed E-state index contributed by atoms with van der Waals surface area (Å²) in [7, 11) is 2.72. The van der Waals surface area contributed by atoms with E-state index in [9.17, 15) is 14.9 Å². The van der Waals surface area contributed by atoms with Gasteiger partial charge >= 0.3 is 5.97 Å². The standard InChI is InChI=1S/C11H13NO6.C2H6/c1-16-5-6-18-10-7-8(12(14)15)3-4-9(10)11(13)17-2;1-2/h3-4,7H,5-6H2,1-2H3;1-2H3. The maximum Gasteiger partial charge on any atom is 0.341 e. The molecule has 1 rings (SSSR count). The molecule has 0 amide bonds. The second kappa shape index (κ2) is 9.74. The van der Waals surface area contributed by atoms with E-state index < -0.39 is 10.9 Å². The number of methoxy groups -OCH3 is 2. The number of nitro groups is 1. The molecule has 1 aromatic rings. The molecule has 0 unspecified atom stereocenters. The molecule has 1 aromatic carbocycles. The molecule has 0 spiro atoms. The monoisotopic (exact) mass is 285 g/mol. The van der Waals surface area contributed by atoms with E-state index in [4.69, 9.17) is 9.47 Å². The molecule has 112 valence electrons. The quantitative estimate of drug-likeness (QED) is 0.345. The number of nitrogens with zero attached hydrogens (tertiary/aromatic N) is 1. The third-order valence-electron chi connectivity index (χ3n) is 2.13. The van der Waals surface area contributed by atoms with Crippen molar-refractivity contribution in [2.75, 3.05) is 27.4 Å². The summed E-state index contributed by atoms with van der Waals surface area (Å²) in [6, 6.07) is 3.70.